The number of hydrogen-bond acceptors (Lipinski definition) is 4. The second-order valence-electron chi connectivity index (χ2n) is 5.21. The maximum Gasteiger partial charge on any atom is 0.113 e. The van der Waals surface area contributed by atoms with Gasteiger partial charge >= 0.3 is 0 Å². The SMILES string of the molecule is NC1(c2nc(-c3ccc(Br)s3)cs2)CCCCCC1. The van der Waals surface area contributed by atoms with Crippen LogP contribution in [0.25, 0.3) is 10.6 Å². The van der Waals surface area contributed by atoms with Gasteiger partial charge < -0.3 is 5.73 Å². The Balaban J connectivity index is 1.87. The molecule has 102 valence electrons. The van der Waals surface area contributed by atoms with Gasteiger partial charge in [-0.15, -0.1) is 22.7 Å². The number of aromatic nitrogens is 1. The predicted molar refractivity (Wildman–Crippen MR) is 86.7 cm³/mol. The first kappa shape index (κ1) is 13.7. The minimum atomic E-state index is -0.187. The van der Waals surface area contributed by atoms with E-state index in [-0.39, 0.29) is 5.54 Å². The standard InChI is InChI=1S/C14H17BrN2S2/c15-12-6-5-11(19-12)10-9-18-13(17-10)14(16)7-3-1-2-4-8-14/h5-6,9H,1-4,7-8,16H2. The third-order valence-corrected chi connectivity index (χ3v) is 6.46. The van der Waals surface area contributed by atoms with Gasteiger partial charge in [0.1, 0.15) is 5.01 Å². The van der Waals surface area contributed by atoms with E-state index in [9.17, 15) is 0 Å². The van der Waals surface area contributed by atoms with Gasteiger partial charge in [-0.05, 0) is 40.9 Å². The molecule has 0 amide bonds. The van der Waals surface area contributed by atoms with Crippen LogP contribution in [0.2, 0.25) is 0 Å². The summed E-state index contributed by atoms with van der Waals surface area (Å²) in [5, 5.41) is 3.27. The summed E-state index contributed by atoms with van der Waals surface area (Å²) in [6.07, 6.45) is 7.25. The van der Waals surface area contributed by atoms with Gasteiger partial charge in [0, 0.05) is 5.38 Å². The van der Waals surface area contributed by atoms with Crippen molar-refractivity contribution in [1.29, 1.82) is 0 Å². The summed E-state index contributed by atoms with van der Waals surface area (Å²) in [5.41, 5.74) is 7.51. The first-order chi connectivity index (χ1) is 9.17. The Labute approximate surface area is 130 Å². The molecule has 0 bridgehead atoms. The van der Waals surface area contributed by atoms with Crippen molar-refractivity contribution in [3.63, 3.8) is 0 Å². The Morgan fingerprint density at radius 3 is 2.53 bits per heavy atom. The minimum Gasteiger partial charge on any atom is -0.319 e. The topological polar surface area (TPSA) is 38.9 Å². The number of hydrogen-bond donors (Lipinski definition) is 1. The van der Waals surface area contributed by atoms with E-state index in [1.807, 2.05) is 0 Å². The van der Waals surface area contributed by atoms with Crippen molar-refractivity contribution in [2.45, 2.75) is 44.1 Å². The van der Waals surface area contributed by atoms with Crippen LogP contribution in [0.3, 0.4) is 0 Å². The lowest BCUT2D eigenvalue weighted by molar-refractivity contribution is 0.384. The smallest absolute Gasteiger partial charge is 0.113 e. The summed E-state index contributed by atoms with van der Waals surface area (Å²) in [7, 11) is 0. The number of nitrogens with two attached hydrogens (primary N) is 1. The van der Waals surface area contributed by atoms with Gasteiger partial charge in [-0.25, -0.2) is 4.98 Å². The van der Waals surface area contributed by atoms with E-state index in [2.05, 4.69) is 33.4 Å². The van der Waals surface area contributed by atoms with Gasteiger partial charge in [0.2, 0.25) is 0 Å². The van der Waals surface area contributed by atoms with Crippen LogP contribution in [0.1, 0.15) is 43.5 Å². The highest BCUT2D eigenvalue weighted by Crippen LogP contribution is 2.38. The quantitative estimate of drug-likeness (QED) is 0.756. The van der Waals surface area contributed by atoms with Crippen molar-refractivity contribution in [3.8, 4) is 10.6 Å². The van der Waals surface area contributed by atoms with E-state index in [4.69, 9.17) is 10.7 Å². The molecule has 1 saturated carbocycles. The van der Waals surface area contributed by atoms with Gasteiger partial charge in [-0.3, -0.25) is 0 Å². The molecule has 1 fully saturated rings. The second-order valence-corrected chi connectivity index (χ2v) is 8.53. The summed E-state index contributed by atoms with van der Waals surface area (Å²) in [4.78, 5) is 6.03. The normalized spacial score (nSPS) is 19.3. The van der Waals surface area contributed by atoms with Crippen LogP contribution in [-0.4, -0.2) is 4.98 Å². The molecule has 2 aromatic rings. The summed E-state index contributed by atoms with van der Waals surface area (Å²) in [6, 6.07) is 4.19. The van der Waals surface area contributed by atoms with Gasteiger partial charge in [0.25, 0.3) is 0 Å². The Bertz CT molecular complexity index is 553. The van der Waals surface area contributed by atoms with Gasteiger partial charge in [-0.2, -0.15) is 0 Å². The van der Waals surface area contributed by atoms with Crippen molar-refractivity contribution in [1.82, 2.24) is 4.98 Å². The Morgan fingerprint density at radius 1 is 1.16 bits per heavy atom. The maximum absolute atomic E-state index is 6.62. The Hall–Kier alpha value is -0.230. The average Bonchev–Trinajstić information content (AvgIpc) is 2.97. The second kappa shape index (κ2) is 5.64. The van der Waals surface area contributed by atoms with Crippen LogP contribution in [0.4, 0.5) is 0 Å². The van der Waals surface area contributed by atoms with Crippen molar-refractivity contribution in [2.24, 2.45) is 5.73 Å². The molecule has 1 aliphatic carbocycles. The number of thiophene rings is 1. The fourth-order valence-corrected chi connectivity index (χ4v) is 5.06. The Morgan fingerprint density at radius 2 is 1.89 bits per heavy atom. The molecule has 0 atom stereocenters. The maximum atomic E-state index is 6.62. The lowest BCUT2D eigenvalue weighted by Crippen LogP contribution is -2.35. The van der Waals surface area contributed by atoms with Crippen LogP contribution in [0, 0.1) is 0 Å². The Kier molecular flexibility index (Phi) is 4.08. The molecular weight excluding hydrogens is 340 g/mol. The molecule has 2 heterocycles. The van der Waals surface area contributed by atoms with Crippen LogP contribution in [0.5, 0.6) is 0 Å². The van der Waals surface area contributed by atoms with Crippen molar-refractivity contribution in [3.05, 3.63) is 26.3 Å². The molecule has 2 N–H and O–H groups in total. The van der Waals surface area contributed by atoms with Crippen LogP contribution in [0.15, 0.2) is 21.3 Å². The number of halogens is 1. The van der Waals surface area contributed by atoms with E-state index < -0.39 is 0 Å². The van der Waals surface area contributed by atoms with Crippen molar-refractivity contribution in [2.75, 3.05) is 0 Å². The zero-order valence-corrected chi connectivity index (χ0v) is 13.9. The van der Waals surface area contributed by atoms with E-state index >= 15 is 0 Å². The molecule has 19 heavy (non-hydrogen) atoms. The van der Waals surface area contributed by atoms with Crippen LogP contribution in [-0.2, 0) is 5.54 Å². The molecule has 0 saturated heterocycles. The summed E-state index contributed by atoms with van der Waals surface area (Å²) < 4.78 is 1.15. The van der Waals surface area contributed by atoms with E-state index in [0.717, 1.165) is 27.3 Å². The van der Waals surface area contributed by atoms with Gasteiger partial charge in [0.05, 0.1) is 19.9 Å². The summed E-state index contributed by atoms with van der Waals surface area (Å²) in [5.74, 6) is 0. The van der Waals surface area contributed by atoms with Gasteiger partial charge in [-0.1, -0.05) is 25.7 Å². The zero-order valence-electron chi connectivity index (χ0n) is 10.7. The third kappa shape index (κ3) is 2.94. The summed E-state index contributed by atoms with van der Waals surface area (Å²) in [6.45, 7) is 0. The number of rotatable bonds is 2. The molecule has 0 radical (unpaired) electrons. The highest BCUT2D eigenvalue weighted by Gasteiger charge is 2.31. The monoisotopic (exact) mass is 356 g/mol. The molecule has 2 aromatic heterocycles. The molecule has 1 aliphatic rings. The lowest BCUT2D eigenvalue weighted by Gasteiger charge is -2.25. The van der Waals surface area contributed by atoms with Crippen LogP contribution < -0.4 is 5.73 Å². The minimum absolute atomic E-state index is 0.187. The fraction of sp³-hybridized carbons (Fsp3) is 0.500. The molecular formula is C14H17BrN2S2. The first-order valence-corrected chi connectivity index (χ1v) is 9.17. The third-order valence-electron chi connectivity index (χ3n) is 3.75. The zero-order chi connectivity index (χ0) is 13.3. The van der Waals surface area contributed by atoms with Crippen LogP contribution >= 0.6 is 38.6 Å². The van der Waals surface area contributed by atoms with Crippen molar-refractivity contribution < 1.29 is 0 Å². The number of nitrogens with zero attached hydrogens (tertiary/aromatic N) is 1. The molecule has 3 rings (SSSR count). The largest absolute Gasteiger partial charge is 0.319 e. The molecule has 0 aromatic carbocycles. The molecule has 5 heteroatoms. The number of thiazole rings is 1. The highest BCUT2D eigenvalue weighted by atomic mass is 79.9. The van der Waals surface area contributed by atoms with E-state index in [1.165, 1.54) is 30.6 Å². The molecule has 0 spiro atoms. The summed E-state index contributed by atoms with van der Waals surface area (Å²) >= 11 is 6.95. The van der Waals surface area contributed by atoms with E-state index in [0.29, 0.717) is 0 Å². The lowest BCUT2D eigenvalue weighted by atomic mass is 9.92. The molecule has 0 unspecified atom stereocenters. The van der Waals surface area contributed by atoms with Gasteiger partial charge in [0.15, 0.2) is 0 Å². The average molecular weight is 357 g/mol. The fourth-order valence-electron chi connectivity index (χ4n) is 2.64. The van der Waals surface area contributed by atoms with E-state index in [1.54, 1.807) is 22.7 Å². The molecule has 2 nitrogen and oxygen atoms in total. The first-order valence-electron chi connectivity index (χ1n) is 6.68. The highest BCUT2D eigenvalue weighted by molar-refractivity contribution is 9.11. The molecule has 0 aliphatic heterocycles. The van der Waals surface area contributed by atoms with Crippen molar-refractivity contribution >= 4 is 38.6 Å². The predicted octanol–water partition coefficient (Wildman–Crippen LogP) is 5.14.